The van der Waals surface area contributed by atoms with Crippen LogP contribution in [0.15, 0.2) is 48.5 Å². The number of benzene rings is 2. The molecule has 2 atom stereocenters. The Hall–Kier alpha value is -2.49. The van der Waals surface area contributed by atoms with E-state index in [1.807, 2.05) is 12.1 Å². The Morgan fingerprint density at radius 1 is 1.15 bits per heavy atom. The molecule has 0 radical (unpaired) electrons. The molecule has 0 unspecified atom stereocenters. The summed E-state index contributed by atoms with van der Waals surface area (Å²) in [5.41, 5.74) is 3.72. The number of hydrogen-bond acceptors (Lipinski definition) is 3. The van der Waals surface area contributed by atoms with Crippen LogP contribution in [0.1, 0.15) is 43.4 Å². The number of ether oxygens (including phenoxy) is 1. The minimum absolute atomic E-state index is 0.0961. The second-order valence-corrected chi connectivity index (χ2v) is 7.80. The van der Waals surface area contributed by atoms with Gasteiger partial charge in [0.15, 0.2) is 0 Å². The molecule has 0 spiro atoms. The maximum Gasteiger partial charge on any atom is 0.240 e. The zero-order valence-electron chi connectivity index (χ0n) is 16.2. The predicted octanol–water partition coefficient (Wildman–Crippen LogP) is 4.10. The number of nitrogens with zero attached hydrogens (tertiary/aromatic N) is 1. The van der Waals surface area contributed by atoms with Crippen LogP contribution >= 0.6 is 0 Å². The van der Waals surface area contributed by atoms with Crippen LogP contribution in [0.2, 0.25) is 0 Å². The lowest BCUT2D eigenvalue weighted by atomic mass is 9.96. The highest BCUT2D eigenvalue weighted by atomic mass is 16.5. The number of methoxy groups -OCH3 is 1. The van der Waals surface area contributed by atoms with Crippen LogP contribution in [0.5, 0.6) is 5.75 Å². The van der Waals surface area contributed by atoms with Gasteiger partial charge in [-0.1, -0.05) is 30.3 Å². The lowest BCUT2D eigenvalue weighted by Gasteiger charge is -2.37. The summed E-state index contributed by atoms with van der Waals surface area (Å²) in [4.78, 5) is 15.2. The van der Waals surface area contributed by atoms with Crippen LogP contribution in [-0.2, 0) is 11.2 Å². The van der Waals surface area contributed by atoms with E-state index in [-0.39, 0.29) is 11.9 Å². The molecular formula is C23H28N2O2. The van der Waals surface area contributed by atoms with Crippen LogP contribution in [0.4, 0.5) is 5.69 Å². The Bertz CT molecular complexity index is 798. The standard InChI is InChI=1S/C23H28N2O2/c1-16-7-8-17-5-3-4-6-21(17)25(16)15-22(26)24-23(18-9-10-18)19-11-13-20(27-2)14-12-19/h3-6,11-14,16,18,23H,7-10,15H2,1-2H3,(H,24,26)/t16-,23-/m1/s1. The van der Waals surface area contributed by atoms with Crippen molar-refractivity contribution in [3.63, 3.8) is 0 Å². The van der Waals surface area contributed by atoms with Crippen molar-refractivity contribution in [2.75, 3.05) is 18.6 Å². The van der Waals surface area contributed by atoms with Crippen molar-refractivity contribution in [1.29, 1.82) is 0 Å². The van der Waals surface area contributed by atoms with E-state index in [0.717, 1.165) is 18.6 Å². The molecule has 1 heterocycles. The van der Waals surface area contributed by atoms with Gasteiger partial charge in [0.05, 0.1) is 19.7 Å². The van der Waals surface area contributed by atoms with Gasteiger partial charge < -0.3 is 15.0 Å². The van der Waals surface area contributed by atoms with Crippen molar-refractivity contribution >= 4 is 11.6 Å². The van der Waals surface area contributed by atoms with Crippen molar-refractivity contribution in [1.82, 2.24) is 5.32 Å². The molecule has 2 aromatic rings. The maximum atomic E-state index is 12.9. The van der Waals surface area contributed by atoms with Crippen LogP contribution < -0.4 is 15.0 Å². The second kappa shape index (κ2) is 7.63. The molecule has 4 heteroatoms. The van der Waals surface area contributed by atoms with Crippen molar-refractivity contribution in [3.05, 3.63) is 59.7 Å². The summed E-state index contributed by atoms with van der Waals surface area (Å²) in [5, 5.41) is 3.31. The molecule has 1 N–H and O–H groups in total. The number of carbonyl (C=O) groups is 1. The van der Waals surface area contributed by atoms with Crippen LogP contribution in [0.25, 0.3) is 0 Å². The Balaban J connectivity index is 1.47. The van der Waals surface area contributed by atoms with Gasteiger partial charge in [0.1, 0.15) is 5.75 Å². The molecule has 0 saturated heterocycles. The molecule has 142 valence electrons. The zero-order valence-corrected chi connectivity index (χ0v) is 16.2. The molecule has 4 rings (SSSR count). The summed E-state index contributed by atoms with van der Waals surface area (Å²) in [6.45, 7) is 2.63. The first kappa shape index (κ1) is 17.9. The summed E-state index contributed by atoms with van der Waals surface area (Å²) >= 11 is 0. The number of para-hydroxylation sites is 1. The van der Waals surface area contributed by atoms with E-state index >= 15 is 0 Å². The molecular weight excluding hydrogens is 336 g/mol. The number of hydrogen-bond donors (Lipinski definition) is 1. The molecule has 2 aromatic carbocycles. The van der Waals surface area contributed by atoms with E-state index in [4.69, 9.17) is 4.74 Å². The number of amides is 1. The fourth-order valence-electron chi connectivity index (χ4n) is 4.09. The minimum atomic E-state index is 0.0961. The monoisotopic (exact) mass is 364 g/mol. The van der Waals surface area contributed by atoms with Gasteiger partial charge >= 0.3 is 0 Å². The van der Waals surface area contributed by atoms with Crippen molar-refractivity contribution in [2.24, 2.45) is 5.92 Å². The highest BCUT2D eigenvalue weighted by Crippen LogP contribution is 2.41. The smallest absolute Gasteiger partial charge is 0.240 e. The summed E-state index contributed by atoms with van der Waals surface area (Å²) in [7, 11) is 1.67. The average molecular weight is 364 g/mol. The summed E-state index contributed by atoms with van der Waals surface area (Å²) in [6.07, 6.45) is 4.54. The van der Waals surface area contributed by atoms with Gasteiger partial charge in [-0.05, 0) is 67.9 Å². The van der Waals surface area contributed by atoms with E-state index in [2.05, 4.69) is 53.5 Å². The normalized spacial score (nSPS) is 19.9. The first-order chi connectivity index (χ1) is 13.2. The molecule has 4 nitrogen and oxygen atoms in total. The minimum Gasteiger partial charge on any atom is -0.497 e. The molecule has 1 fully saturated rings. The number of rotatable bonds is 6. The third-order valence-electron chi connectivity index (χ3n) is 5.86. The van der Waals surface area contributed by atoms with Crippen molar-refractivity contribution < 1.29 is 9.53 Å². The Morgan fingerprint density at radius 2 is 1.89 bits per heavy atom. The van der Waals surface area contributed by atoms with Crippen molar-refractivity contribution in [2.45, 2.75) is 44.7 Å². The van der Waals surface area contributed by atoms with E-state index in [1.54, 1.807) is 7.11 Å². The van der Waals surface area contributed by atoms with E-state index in [0.29, 0.717) is 18.5 Å². The van der Waals surface area contributed by atoms with E-state index in [9.17, 15) is 4.79 Å². The number of carbonyl (C=O) groups excluding carboxylic acids is 1. The first-order valence-electron chi connectivity index (χ1n) is 9.93. The summed E-state index contributed by atoms with van der Waals surface area (Å²) in [6, 6.07) is 17.0. The molecule has 0 bridgehead atoms. The molecule has 1 aliphatic carbocycles. The zero-order chi connectivity index (χ0) is 18.8. The quantitative estimate of drug-likeness (QED) is 0.839. The Labute approximate surface area is 161 Å². The lowest BCUT2D eigenvalue weighted by molar-refractivity contribution is -0.120. The van der Waals surface area contributed by atoms with E-state index < -0.39 is 0 Å². The van der Waals surface area contributed by atoms with Gasteiger partial charge in [-0.25, -0.2) is 0 Å². The molecule has 1 amide bonds. The number of anilines is 1. The van der Waals surface area contributed by atoms with E-state index in [1.165, 1.54) is 29.7 Å². The molecule has 1 aliphatic heterocycles. The fourth-order valence-corrected chi connectivity index (χ4v) is 4.09. The highest BCUT2D eigenvalue weighted by Gasteiger charge is 2.34. The van der Waals surface area contributed by atoms with Crippen molar-refractivity contribution in [3.8, 4) is 5.75 Å². The largest absolute Gasteiger partial charge is 0.497 e. The van der Waals surface area contributed by atoms with Gasteiger partial charge in [-0.15, -0.1) is 0 Å². The van der Waals surface area contributed by atoms with Gasteiger partial charge in [-0.2, -0.15) is 0 Å². The number of aryl methyl sites for hydroxylation is 1. The third kappa shape index (κ3) is 3.95. The topological polar surface area (TPSA) is 41.6 Å². The van der Waals surface area contributed by atoms with Gasteiger partial charge in [0.25, 0.3) is 0 Å². The predicted molar refractivity (Wildman–Crippen MR) is 108 cm³/mol. The van der Waals surface area contributed by atoms with Crippen LogP contribution in [-0.4, -0.2) is 25.6 Å². The third-order valence-corrected chi connectivity index (χ3v) is 5.86. The number of fused-ring (bicyclic) bond motifs is 1. The SMILES string of the molecule is COc1ccc([C@H](NC(=O)CN2c3ccccc3CC[C@H]2C)C2CC2)cc1. The molecule has 1 saturated carbocycles. The fraction of sp³-hybridized carbons (Fsp3) is 0.435. The Morgan fingerprint density at radius 3 is 2.59 bits per heavy atom. The summed E-state index contributed by atoms with van der Waals surface area (Å²) < 4.78 is 5.26. The van der Waals surface area contributed by atoms with Gasteiger partial charge in [0, 0.05) is 11.7 Å². The molecule has 27 heavy (non-hydrogen) atoms. The Kier molecular flexibility index (Phi) is 5.06. The molecule has 2 aliphatic rings. The average Bonchev–Trinajstić information content (AvgIpc) is 3.54. The second-order valence-electron chi connectivity index (χ2n) is 7.80. The van der Waals surface area contributed by atoms with Crippen LogP contribution in [0.3, 0.4) is 0 Å². The van der Waals surface area contributed by atoms with Crippen LogP contribution in [0, 0.1) is 5.92 Å². The number of nitrogens with one attached hydrogen (secondary N) is 1. The van der Waals surface area contributed by atoms with Gasteiger partial charge in [0.2, 0.25) is 5.91 Å². The first-order valence-corrected chi connectivity index (χ1v) is 9.93. The molecule has 0 aromatic heterocycles. The maximum absolute atomic E-state index is 12.9. The lowest BCUT2D eigenvalue weighted by Crippen LogP contribution is -2.45. The summed E-state index contributed by atoms with van der Waals surface area (Å²) in [5.74, 6) is 1.50. The highest BCUT2D eigenvalue weighted by molar-refractivity contribution is 5.82. The van der Waals surface area contributed by atoms with Gasteiger partial charge in [-0.3, -0.25) is 4.79 Å².